The summed E-state index contributed by atoms with van der Waals surface area (Å²) in [6, 6.07) is 14.0. The molecule has 5 unspecified atom stereocenters. The number of nitrogens with zero attached hydrogens (tertiary/aromatic N) is 9. The summed E-state index contributed by atoms with van der Waals surface area (Å²) in [5.74, 6) is -7.24. The zero-order chi connectivity index (χ0) is 89.9. The van der Waals surface area contributed by atoms with Gasteiger partial charge >= 0.3 is 24.1 Å². The first-order valence-corrected chi connectivity index (χ1v) is 40.3. The van der Waals surface area contributed by atoms with Crippen LogP contribution in [0, 0.1) is 27.2 Å². The van der Waals surface area contributed by atoms with Crippen molar-refractivity contribution in [2.45, 2.75) is 170 Å². The van der Waals surface area contributed by atoms with Crippen LogP contribution in [0.15, 0.2) is 78.0 Å². The number of aliphatic hydroxyl groups is 3. The number of fused-ring (bicyclic) bond motifs is 9. The van der Waals surface area contributed by atoms with Crippen molar-refractivity contribution >= 4 is 75.2 Å². The van der Waals surface area contributed by atoms with Crippen LogP contribution in [0.1, 0.15) is 168 Å². The summed E-state index contributed by atoms with van der Waals surface area (Å²) >= 11 is 0. The van der Waals surface area contributed by atoms with E-state index in [0.717, 1.165) is 15.0 Å². The predicted molar refractivity (Wildman–Crippen MR) is 419 cm³/mol. The number of phenols is 4. The molecule has 0 bridgehead atoms. The molecule has 4 aliphatic heterocycles. The van der Waals surface area contributed by atoms with Crippen LogP contribution in [0.5, 0.6) is 34.5 Å². The average Bonchev–Trinajstić information content (AvgIpc) is 0.883. The van der Waals surface area contributed by atoms with Crippen LogP contribution in [-0.2, 0) is 102 Å². The molecule has 9 N–H and O–H groups in total. The Morgan fingerprint density at radius 3 is 1.60 bits per heavy atom. The Balaban J connectivity index is 0.000000169. The molecule has 0 radical (unpaired) electrons. The van der Waals surface area contributed by atoms with Crippen molar-refractivity contribution in [1.82, 2.24) is 33.8 Å². The molecule has 4 aliphatic carbocycles. The van der Waals surface area contributed by atoms with Crippen molar-refractivity contribution in [3.05, 3.63) is 177 Å². The molecule has 2 amide bonds. The van der Waals surface area contributed by atoms with Gasteiger partial charge in [0.1, 0.15) is 76.7 Å². The lowest BCUT2D eigenvalue weighted by atomic mass is 9.72. The molecule has 4 saturated heterocycles. The number of methoxy groups -OCH3 is 2. The van der Waals surface area contributed by atoms with E-state index in [2.05, 4.69) is 14.9 Å². The number of benzene rings is 5. The zero-order valence-electron chi connectivity index (χ0n) is 68.1. The van der Waals surface area contributed by atoms with Gasteiger partial charge in [0.15, 0.2) is 60.3 Å². The van der Waals surface area contributed by atoms with Gasteiger partial charge in [-0.05, 0) is 68.7 Å². The Morgan fingerprint density at radius 2 is 1.15 bits per heavy atom. The molecule has 13 atom stereocenters. The number of aryl methyl sites for hydroxylation is 1. The van der Waals surface area contributed by atoms with Crippen LogP contribution in [0.2, 0.25) is 0 Å². The molecule has 0 spiro atoms. The van der Waals surface area contributed by atoms with E-state index >= 15 is 0 Å². The van der Waals surface area contributed by atoms with Gasteiger partial charge in [-0.1, -0.05) is 51.9 Å². The quantitative estimate of drug-likeness (QED) is 0.0164. The van der Waals surface area contributed by atoms with Gasteiger partial charge in [-0.2, -0.15) is 8.42 Å². The van der Waals surface area contributed by atoms with E-state index in [1.54, 1.807) is 26.0 Å². The maximum absolute atomic E-state index is 14.0. The third kappa shape index (κ3) is 16.7. The molecule has 6 heterocycles. The number of Topliss-reactive ketones (excluding diaryl/α,β-unsaturated/α-hetero) is 2. The summed E-state index contributed by atoms with van der Waals surface area (Å²) < 4.78 is 83.6. The molecule has 0 saturated carbocycles. The minimum absolute atomic E-state index is 0.0147. The molecule has 8 aliphatic rings. The van der Waals surface area contributed by atoms with Crippen molar-refractivity contribution in [2.75, 3.05) is 53.6 Å². The van der Waals surface area contributed by atoms with Gasteiger partial charge in [-0.25, -0.2) is 18.7 Å². The van der Waals surface area contributed by atoms with Crippen LogP contribution in [-0.4, -0.2) is 261 Å². The number of piperazine rings is 1. The summed E-state index contributed by atoms with van der Waals surface area (Å²) in [6.45, 7) is 6.91. The number of aromatic nitrogens is 4. The highest BCUT2D eigenvalue weighted by Crippen LogP contribution is 2.56. The third-order valence-electron chi connectivity index (χ3n) is 23.5. The number of amides is 2. The number of hydrogen-bond acceptors (Lipinski definition) is 36. The molecular weight excluding hydrogens is 1660 g/mol. The second-order valence-corrected chi connectivity index (χ2v) is 32.6. The second-order valence-electron chi connectivity index (χ2n) is 31.0. The van der Waals surface area contributed by atoms with Gasteiger partial charge in [-0.15, -0.1) is 0 Å². The first-order chi connectivity index (χ1) is 58.7. The smallest absolute Gasteiger partial charge is 0.434 e. The van der Waals surface area contributed by atoms with Crippen LogP contribution in [0.25, 0.3) is 0 Å². The number of aldehydes is 1. The summed E-state index contributed by atoms with van der Waals surface area (Å²) in [4.78, 5) is 149. The van der Waals surface area contributed by atoms with E-state index in [0.29, 0.717) is 18.5 Å². The molecule has 660 valence electrons. The fourth-order valence-electron chi connectivity index (χ4n) is 16.7. The number of ether oxygens (including phenoxy) is 9. The summed E-state index contributed by atoms with van der Waals surface area (Å²) in [5.41, 5.74) is 1.28. The summed E-state index contributed by atoms with van der Waals surface area (Å²) in [6.07, 6.45) is -7.49. The Kier molecular flexibility index (Phi) is 25.5. The number of rotatable bonds is 21. The number of aliphatic hydroxyl groups excluding tert-OH is 1. The first kappa shape index (κ1) is 89.6. The normalized spacial score (nSPS) is 24.7. The fraction of sp³-hybridized carbons (Fsp3) is 0.444. The maximum Gasteiger partial charge on any atom is 0.434 e. The standard InChI is InChI=1S/C37H39N5O14.C27H29NO10.C17H20N4O8S/c1-16-34-21(41-9-8-40(14-24(41)56-34)36(48)53-15-18-13-38-35(39(18)3)42(50)51)10-25(54-16)55-23-12-37(49,17(2)43)11-20-27(23)33(47)29-28(31(20)45)30(44)19-6-5-7-22(52-4)26(19)32(29)46;1-10-22(30)14(28)7-17(37-10)38-16-9-27(35,11(2)29)8-13-19(16)26(34)21-20(24(13)32)23(31)12-5-4-6-15(36-3)18(12)25(21)33;1-13-3-5-15(6-4-13)30(26,27)29-10-8-20(7-9-22)17(23)28-12-14-11-18-16(19(14)2)21(24)25/h5-7,13,16,21,23-25,34,45,47,49H,8-12,14-15H2,1-4H3;4-6,10,14,16-17,22,30,32,34-35H,7-9,28H2,1-3H3;3-6,9,11H,7-8,10,12H2,1-2H3/t16-,21?,23-,24?,25-,34?,37-;10-,14?,16-,17-,22?,27-;/m00./s1. The van der Waals surface area contributed by atoms with Crippen molar-refractivity contribution < 1.29 is 144 Å². The molecular formula is C81H88N10O32S. The summed E-state index contributed by atoms with van der Waals surface area (Å²) in [7, 11) is 1.50. The highest BCUT2D eigenvalue weighted by Gasteiger charge is 2.56. The lowest BCUT2D eigenvalue weighted by Crippen LogP contribution is -2.57. The topological polar surface area (TPSA) is 579 Å². The van der Waals surface area contributed by atoms with Gasteiger partial charge in [0, 0.05) is 104 Å². The van der Waals surface area contributed by atoms with Crippen LogP contribution < -0.4 is 15.2 Å². The number of hydrogen-bond donors (Lipinski definition) is 8. The van der Waals surface area contributed by atoms with Gasteiger partial charge in [0.05, 0.1) is 117 Å². The fourth-order valence-corrected chi connectivity index (χ4v) is 17.6. The van der Waals surface area contributed by atoms with Crippen molar-refractivity contribution in [3.8, 4) is 34.5 Å². The highest BCUT2D eigenvalue weighted by molar-refractivity contribution is 7.86. The minimum Gasteiger partial charge on any atom is -0.507 e. The van der Waals surface area contributed by atoms with Gasteiger partial charge < -0.3 is 114 Å². The van der Waals surface area contributed by atoms with Gasteiger partial charge in [0.2, 0.25) is 11.6 Å². The number of imidazole rings is 2. The average molecular weight is 1750 g/mol. The number of ketones is 6. The van der Waals surface area contributed by atoms with Crippen molar-refractivity contribution in [1.29, 1.82) is 0 Å². The SMILES string of the molecule is COc1cccc2c1C(=O)c1c(O)c3c(c(O)c1C2=O)C[C@@](O)(C(C)=O)C[C@@H]3O[C@H]1CC(N)C(O)[C@H](C)O1.COc1cccc2c1C(=O)c1c(O)c3c(c(O)c1C2=O)C[C@@](O)(C(C)=O)C[C@@H]3O[C@H]1CC2C(OC3CN(C(=O)OCc4cnc([N+](=O)[O-])n4C)CCN32)[C@H](C)O1.Cc1ccc(S(=O)(=O)OCCN(CC=O)C(=O)OCc2cnc([N+](=O)[O-])n2C)cc1. The Morgan fingerprint density at radius 1 is 0.669 bits per heavy atom. The van der Waals surface area contributed by atoms with E-state index in [4.69, 9.17) is 52.5 Å². The van der Waals surface area contributed by atoms with Crippen molar-refractivity contribution in [3.63, 3.8) is 0 Å². The van der Waals surface area contributed by atoms with Crippen LogP contribution >= 0.6 is 0 Å². The number of carbonyl (C=O) groups excluding carboxylic acids is 9. The van der Waals surface area contributed by atoms with Crippen molar-refractivity contribution in [2.24, 2.45) is 19.8 Å². The number of phenolic OH excluding ortho intramolecular Hbond substituents is 4. The predicted octanol–water partition coefficient (Wildman–Crippen LogP) is 4.24. The van der Waals surface area contributed by atoms with Gasteiger partial charge in [-0.3, -0.25) is 42.8 Å². The van der Waals surface area contributed by atoms with E-state index in [9.17, 15) is 108 Å². The molecule has 2 aromatic heterocycles. The molecule has 4 fully saturated rings. The van der Waals surface area contributed by atoms with E-state index in [-0.39, 0.29) is 144 Å². The number of aromatic hydroxyl groups is 4. The zero-order valence-corrected chi connectivity index (χ0v) is 68.9. The summed E-state index contributed by atoms with van der Waals surface area (Å²) in [5, 5.41) is 101. The van der Waals surface area contributed by atoms with Crippen LogP contribution in [0.4, 0.5) is 21.5 Å². The number of nitro groups is 2. The van der Waals surface area contributed by atoms with E-state index in [1.165, 1.54) is 113 Å². The third-order valence-corrected chi connectivity index (χ3v) is 24.8. The molecule has 124 heavy (non-hydrogen) atoms. The lowest BCUT2D eigenvalue weighted by Gasteiger charge is -2.43. The lowest BCUT2D eigenvalue weighted by molar-refractivity contribution is -0.396. The monoisotopic (exact) mass is 1740 g/mol. The molecule has 5 aromatic carbocycles. The Hall–Kier alpha value is -12.1. The van der Waals surface area contributed by atoms with E-state index in [1.807, 2.05) is 6.92 Å². The molecule has 43 heteroatoms. The van der Waals surface area contributed by atoms with Gasteiger partial charge in [0.25, 0.3) is 10.1 Å². The largest absolute Gasteiger partial charge is 0.507 e. The highest BCUT2D eigenvalue weighted by atomic mass is 32.2. The second kappa shape index (κ2) is 35.2. The molecule has 42 nitrogen and oxygen atoms in total. The minimum atomic E-state index is -4.02. The Labute approximate surface area is 704 Å². The molecule has 7 aromatic rings. The van der Waals surface area contributed by atoms with Crippen LogP contribution in [0.3, 0.4) is 0 Å². The molecule has 15 rings (SSSR count). The maximum atomic E-state index is 14.0. The number of nitrogens with two attached hydrogens (primary N) is 1. The first-order valence-electron chi connectivity index (χ1n) is 38.9. The number of carbonyl (C=O) groups is 9. The van der Waals surface area contributed by atoms with E-state index < -0.39 is 210 Å². The Bertz CT molecular complexity index is 5630.